The van der Waals surface area contributed by atoms with Crippen LogP contribution in [0.5, 0.6) is 0 Å². The molecule has 1 nitrogen and oxygen atoms in total. The Balaban J connectivity index is 2.08. The number of hydrogen-bond acceptors (Lipinski definition) is 1. The SMILES string of the molecule is CN[C@@]12CCCCC[C@@H]1Cc1ccccc12. The second-order valence-corrected chi connectivity index (χ2v) is 5.38. The van der Waals surface area contributed by atoms with Crippen molar-refractivity contribution in [3.05, 3.63) is 35.4 Å². The predicted octanol–water partition coefficient (Wildman–Crippen LogP) is 3.24. The van der Waals surface area contributed by atoms with Crippen LogP contribution < -0.4 is 5.32 Å². The van der Waals surface area contributed by atoms with Crippen molar-refractivity contribution < 1.29 is 0 Å². The van der Waals surface area contributed by atoms with Crippen molar-refractivity contribution in [1.82, 2.24) is 5.32 Å². The minimum Gasteiger partial charge on any atom is -0.310 e. The van der Waals surface area contributed by atoms with Crippen LogP contribution in [-0.2, 0) is 12.0 Å². The third-order valence-corrected chi connectivity index (χ3v) is 4.73. The van der Waals surface area contributed by atoms with Crippen molar-refractivity contribution in [3.63, 3.8) is 0 Å². The van der Waals surface area contributed by atoms with Crippen LogP contribution in [0.15, 0.2) is 24.3 Å². The summed E-state index contributed by atoms with van der Waals surface area (Å²) in [6, 6.07) is 9.05. The lowest BCUT2D eigenvalue weighted by Crippen LogP contribution is -2.43. The summed E-state index contributed by atoms with van der Waals surface area (Å²) in [5.41, 5.74) is 3.47. The molecule has 2 aliphatic carbocycles. The Morgan fingerprint density at radius 2 is 2.06 bits per heavy atom. The van der Waals surface area contributed by atoms with Gasteiger partial charge in [-0.15, -0.1) is 0 Å². The summed E-state index contributed by atoms with van der Waals surface area (Å²) in [5, 5.41) is 3.68. The van der Waals surface area contributed by atoms with Gasteiger partial charge in [-0.25, -0.2) is 0 Å². The fourth-order valence-electron chi connectivity index (χ4n) is 3.92. The highest BCUT2D eigenvalue weighted by atomic mass is 15.0. The summed E-state index contributed by atoms with van der Waals surface area (Å²) in [5.74, 6) is 0.831. The molecule has 0 spiro atoms. The van der Waals surface area contributed by atoms with E-state index in [1.165, 1.54) is 38.5 Å². The van der Waals surface area contributed by atoms with Crippen LogP contribution in [-0.4, -0.2) is 7.05 Å². The van der Waals surface area contributed by atoms with Crippen molar-refractivity contribution in [2.75, 3.05) is 7.05 Å². The standard InChI is InChI=1S/C15H21N/c1-16-15-10-6-2-3-8-13(15)11-12-7-4-5-9-14(12)15/h4-5,7,9,13,16H,2-3,6,8,10-11H2,1H3/t13-,15+/m1/s1. The lowest BCUT2D eigenvalue weighted by molar-refractivity contribution is 0.230. The Kier molecular flexibility index (Phi) is 2.51. The molecule has 0 heterocycles. The Morgan fingerprint density at radius 3 is 2.94 bits per heavy atom. The van der Waals surface area contributed by atoms with E-state index in [9.17, 15) is 0 Å². The normalized spacial score (nSPS) is 32.9. The zero-order valence-corrected chi connectivity index (χ0v) is 10.1. The highest BCUT2D eigenvalue weighted by Gasteiger charge is 2.45. The largest absolute Gasteiger partial charge is 0.310 e. The van der Waals surface area contributed by atoms with E-state index in [1.54, 1.807) is 11.1 Å². The maximum Gasteiger partial charge on any atom is 0.0466 e. The van der Waals surface area contributed by atoms with Gasteiger partial charge in [0.15, 0.2) is 0 Å². The molecule has 0 aromatic heterocycles. The molecule has 1 aromatic rings. The Morgan fingerprint density at radius 1 is 1.19 bits per heavy atom. The van der Waals surface area contributed by atoms with Crippen molar-refractivity contribution >= 4 is 0 Å². The number of nitrogens with one attached hydrogen (secondary N) is 1. The minimum atomic E-state index is 0.299. The summed E-state index contributed by atoms with van der Waals surface area (Å²) in [7, 11) is 2.15. The van der Waals surface area contributed by atoms with Crippen molar-refractivity contribution in [1.29, 1.82) is 0 Å². The summed E-state index contributed by atoms with van der Waals surface area (Å²) in [6.45, 7) is 0. The van der Waals surface area contributed by atoms with Gasteiger partial charge in [0.05, 0.1) is 0 Å². The average molecular weight is 215 g/mol. The quantitative estimate of drug-likeness (QED) is 0.758. The lowest BCUT2D eigenvalue weighted by Gasteiger charge is -2.35. The predicted molar refractivity (Wildman–Crippen MR) is 67.5 cm³/mol. The maximum atomic E-state index is 3.68. The molecule has 2 atom stereocenters. The van der Waals surface area contributed by atoms with Crippen LogP contribution in [0.25, 0.3) is 0 Å². The molecule has 0 saturated heterocycles. The molecule has 86 valence electrons. The second-order valence-electron chi connectivity index (χ2n) is 5.38. The van der Waals surface area contributed by atoms with Crippen molar-refractivity contribution in [2.45, 2.75) is 44.1 Å². The number of benzene rings is 1. The van der Waals surface area contributed by atoms with Gasteiger partial charge < -0.3 is 5.32 Å². The van der Waals surface area contributed by atoms with Gasteiger partial charge >= 0.3 is 0 Å². The van der Waals surface area contributed by atoms with E-state index in [0.717, 1.165) is 5.92 Å². The van der Waals surface area contributed by atoms with Crippen LogP contribution >= 0.6 is 0 Å². The molecule has 1 aromatic carbocycles. The van der Waals surface area contributed by atoms with Gasteiger partial charge in [-0.1, -0.05) is 43.5 Å². The molecule has 0 amide bonds. The smallest absolute Gasteiger partial charge is 0.0466 e. The Hall–Kier alpha value is -0.820. The fourth-order valence-corrected chi connectivity index (χ4v) is 3.92. The summed E-state index contributed by atoms with van der Waals surface area (Å²) >= 11 is 0. The summed E-state index contributed by atoms with van der Waals surface area (Å²) in [6.07, 6.45) is 8.23. The molecule has 1 saturated carbocycles. The molecule has 0 unspecified atom stereocenters. The van der Waals surface area contributed by atoms with Crippen LogP contribution in [0.1, 0.15) is 43.2 Å². The van der Waals surface area contributed by atoms with E-state index >= 15 is 0 Å². The highest BCUT2D eigenvalue weighted by molar-refractivity contribution is 5.40. The molecule has 0 aliphatic heterocycles. The number of fused-ring (bicyclic) bond motifs is 3. The number of hydrogen-bond donors (Lipinski definition) is 1. The van der Waals surface area contributed by atoms with Gasteiger partial charge in [-0.3, -0.25) is 0 Å². The van der Waals surface area contributed by atoms with E-state index in [0.29, 0.717) is 5.54 Å². The first-order valence-electron chi connectivity index (χ1n) is 6.64. The molecule has 2 aliphatic rings. The molecule has 16 heavy (non-hydrogen) atoms. The molecular formula is C15H21N. The van der Waals surface area contributed by atoms with E-state index < -0.39 is 0 Å². The summed E-state index contributed by atoms with van der Waals surface area (Å²) < 4.78 is 0. The third-order valence-electron chi connectivity index (χ3n) is 4.73. The minimum absolute atomic E-state index is 0.299. The molecular weight excluding hydrogens is 194 g/mol. The first-order chi connectivity index (χ1) is 7.87. The van der Waals surface area contributed by atoms with Crippen LogP contribution in [0.3, 0.4) is 0 Å². The maximum absolute atomic E-state index is 3.68. The van der Waals surface area contributed by atoms with Gasteiger partial charge in [-0.2, -0.15) is 0 Å². The molecule has 1 N–H and O–H groups in total. The van der Waals surface area contributed by atoms with E-state index in [1.807, 2.05) is 0 Å². The second kappa shape index (κ2) is 3.89. The van der Waals surface area contributed by atoms with Crippen LogP contribution in [0.4, 0.5) is 0 Å². The zero-order valence-electron chi connectivity index (χ0n) is 10.1. The molecule has 0 radical (unpaired) electrons. The van der Waals surface area contributed by atoms with E-state index in [-0.39, 0.29) is 0 Å². The van der Waals surface area contributed by atoms with Crippen LogP contribution in [0, 0.1) is 5.92 Å². The molecule has 1 heteroatoms. The first-order valence-corrected chi connectivity index (χ1v) is 6.64. The average Bonchev–Trinajstić information content (AvgIpc) is 2.50. The third kappa shape index (κ3) is 1.34. The van der Waals surface area contributed by atoms with E-state index in [2.05, 4.69) is 36.6 Å². The van der Waals surface area contributed by atoms with Gasteiger partial charge in [0.1, 0.15) is 0 Å². The monoisotopic (exact) mass is 215 g/mol. The van der Waals surface area contributed by atoms with Crippen molar-refractivity contribution in [2.24, 2.45) is 5.92 Å². The summed E-state index contributed by atoms with van der Waals surface area (Å²) in [4.78, 5) is 0. The lowest BCUT2D eigenvalue weighted by atomic mass is 9.80. The van der Waals surface area contributed by atoms with E-state index in [4.69, 9.17) is 0 Å². The fraction of sp³-hybridized carbons (Fsp3) is 0.600. The van der Waals surface area contributed by atoms with Gasteiger partial charge in [0, 0.05) is 5.54 Å². The van der Waals surface area contributed by atoms with Crippen LogP contribution in [0.2, 0.25) is 0 Å². The Labute approximate surface area is 98.3 Å². The molecule has 3 rings (SSSR count). The van der Waals surface area contributed by atoms with Gasteiger partial charge in [0.2, 0.25) is 0 Å². The molecule has 1 fully saturated rings. The molecule has 0 bridgehead atoms. The van der Waals surface area contributed by atoms with Gasteiger partial charge in [0.25, 0.3) is 0 Å². The Bertz CT molecular complexity index is 385. The van der Waals surface area contributed by atoms with Crippen molar-refractivity contribution in [3.8, 4) is 0 Å². The first kappa shape index (κ1) is 10.3. The topological polar surface area (TPSA) is 12.0 Å². The van der Waals surface area contributed by atoms with Gasteiger partial charge in [-0.05, 0) is 43.4 Å². The number of rotatable bonds is 1. The zero-order chi connectivity index (χ0) is 11.0. The highest BCUT2D eigenvalue weighted by Crippen LogP contribution is 2.48.